The first-order chi connectivity index (χ1) is 15.4. The summed E-state index contributed by atoms with van der Waals surface area (Å²) in [4.78, 5) is 54.0. The van der Waals surface area contributed by atoms with Crippen molar-refractivity contribution in [1.29, 1.82) is 0 Å². The molecule has 3 aliphatic rings. The average Bonchev–Trinajstić information content (AvgIpc) is 3.00. The molecule has 0 aromatic heterocycles. The maximum atomic E-state index is 12.8. The highest BCUT2D eigenvalue weighted by Crippen LogP contribution is 2.32. The molecule has 1 aromatic rings. The first-order valence-electron chi connectivity index (χ1n) is 11.4. The van der Waals surface area contributed by atoms with Crippen molar-refractivity contribution in [3.05, 3.63) is 35.4 Å². The zero-order chi connectivity index (χ0) is 22.7. The summed E-state index contributed by atoms with van der Waals surface area (Å²) in [7, 11) is 0. The van der Waals surface area contributed by atoms with Crippen molar-refractivity contribution in [1.82, 2.24) is 25.6 Å². The van der Waals surface area contributed by atoms with Crippen molar-refractivity contribution in [3.8, 4) is 0 Å². The normalized spacial score (nSPS) is 21.0. The fourth-order valence-electron chi connectivity index (χ4n) is 4.82. The summed E-state index contributed by atoms with van der Waals surface area (Å²) in [6.07, 6.45) is 4.43. The Balaban J connectivity index is 1.24. The number of amides is 5. The molecule has 2 heterocycles. The van der Waals surface area contributed by atoms with Crippen LogP contribution in [0.5, 0.6) is 0 Å². The van der Waals surface area contributed by atoms with Gasteiger partial charge in [0.1, 0.15) is 5.54 Å². The van der Waals surface area contributed by atoms with E-state index in [0.717, 1.165) is 35.4 Å². The smallest absolute Gasteiger partial charge is 0.340 e. The number of carbonyl (C=O) groups excluding carboxylic acids is 4. The number of hydrazine groups is 1. The number of nitrogens with one attached hydrogen (secondary N) is 2. The molecule has 32 heavy (non-hydrogen) atoms. The van der Waals surface area contributed by atoms with E-state index in [0.29, 0.717) is 45.4 Å². The highest BCUT2D eigenvalue weighted by Gasteiger charge is 2.52. The van der Waals surface area contributed by atoms with Crippen LogP contribution in [0.4, 0.5) is 4.79 Å². The Morgan fingerprint density at radius 1 is 1.03 bits per heavy atom. The van der Waals surface area contributed by atoms with Crippen LogP contribution in [-0.4, -0.2) is 76.8 Å². The molecule has 1 spiro atoms. The summed E-state index contributed by atoms with van der Waals surface area (Å²) in [6.45, 7) is 4.30. The van der Waals surface area contributed by atoms with E-state index in [-0.39, 0.29) is 18.4 Å². The van der Waals surface area contributed by atoms with Crippen LogP contribution in [0.1, 0.15) is 43.2 Å². The second-order valence-corrected chi connectivity index (χ2v) is 9.01. The molecule has 0 unspecified atom stereocenters. The summed E-state index contributed by atoms with van der Waals surface area (Å²) in [6, 6.07) is 7.31. The number of aryl methyl sites for hydroxylation is 1. The first kappa shape index (κ1) is 22.3. The number of carbonyl (C=O) groups is 4. The van der Waals surface area contributed by atoms with Gasteiger partial charge in [0.2, 0.25) is 5.91 Å². The number of hydrogen-bond acceptors (Lipinski definition) is 5. The fourth-order valence-corrected chi connectivity index (χ4v) is 4.82. The van der Waals surface area contributed by atoms with Gasteiger partial charge in [0.15, 0.2) is 0 Å². The Morgan fingerprint density at radius 3 is 2.41 bits per heavy atom. The van der Waals surface area contributed by atoms with Gasteiger partial charge in [-0.15, -0.1) is 0 Å². The van der Waals surface area contributed by atoms with Crippen molar-refractivity contribution >= 4 is 23.8 Å². The lowest BCUT2D eigenvalue weighted by molar-refractivity contribution is -0.140. The van der Waals surface area contributed by atoms with E-state index in [1.54, 1.807) is 0 Å². The largest absolute Gasteiger partial charge is 0.344 e. The standard InChI is InChI=1S/C23H31N5O4/c1-17-7-3-4-8-18(17)15-20(30)27-13-11-26(12-14-27)16-19(29)25-28-21(31)23(24-22(28)32)9-5-2-6-10-23/h3-4,7-8H,2,5-6,9-16H2,1H3,(H,24,32)(H,25,29). The Kier molecular flexibility index (Phi) is 6.45. The van der Waals surface area contributed by atoms with E-state index in [4.69, 9.17) is 0 Å². The third-order valence-electron chi connectivity index (χ3n) is 6.80. The maximum absolute atomic E-state index is 12.8. The minimum atomic E-state index is -0.855. The third kappa shape index (κ3) is 4.62. The summed E-state index contributed by atoms with van der Waals surface area (Å²) < 4.78 is 0. The minimum Gasteiger partial charge on any atom is -0.340 e. The quantitative estimate of drug-likeness (QED) is 0.663. The molecule has 3 fully saturated rings. The number of urea groups is 1. The predicted molar refractivity (Wildman–Crippen MR) is 117 cm³/mol. The van der Waals surface area contributed by atoms with Gasteiger partial charge in [0, 0.05) is 26.2 Å². The van der Waals surface area contributed by atoms with Gasteiger partial charge >= 0.3 is 6.03 Å². The molecule has 5 amide bonds. The summed E-state index contributed by atoms with van der Waals surface area (Å²) in [5, 5.41) is 3.63. The average molecular weight is 442 g/mol. The topological polar surface area (TPSA) is 102 Å². The molecule has 0 radical (unpaired) electrons. The van der Waals surface area contributed by atoms with E-state index in [1.807, 2.05) is 41.0 Å². The third-order valence-corrected chi connectivity index (χ3v) is 6.80. The Labute approximate surface area is 188 Å². The van der Waals surface area contributed by atoms with Gasteiger partial charge in [-0.05, 0) is 30.9 Å². The number of rotatable bonds is 5. The van der Waals surface area contributed by atoms with Gasteiger partial charge in [-0.2, -0.15) is 5.01 Å². The summed E-state index contributed by atoms with van der Waals surface area (Å²) in [5.41, 5.74) is 3.76. The predicted octanol–water partition coefficient (Wildman–Crippen LogP) is 0.968. The van der Waals surface area contributed by atoms with E-state index < -0.39 is 17.5 Å². The van der Waals surface area contributed by atoms with Crippen molar-refractivity contribution in [2.75, 3.05) is 32.7 Å². The molecule has 172 valence electrons. The van der Waals surface area contributed by atoms with Crippen LogP contribution < -0.4 is 10.7 Å². The van der Waals surface area contributed by atoms with E-state index >= 15 is 0 Å². The lowest BCUT2D eigenvalue weighted by Crippen LogP contribution is -2.55. The Hall–Kier alpha value is -2.94. The number of piperazine rings is 1. The van der Waals surface area contributed by atoms with Gasteiger partial charge in [0.25, 0.3) is 11.8 Å². The SMILES string of the molecule is Cc1ccccc1CC(=O)N1CCN(CC(=O)NN2C(=O)NC3(CCCCC3)C2=O)CC1. The zero-order valence-corrected chi connectivity index (χ0v) is 18.6. The van der Waals surface area contributed by atoms with Gasteiger partial charge < -0.3 is 10.2 Å². The first-order valence-corrected chi connectivity index (χ1v) is 11.4. The molecule has 9 nitrogen and oxygen atoms in total. The molecule has 0 atom stereocenters. The van der Waals surface area contributed by atoms with E-state index in [1.165, 1.54) is 0 Å². The molecule has 1 aliphatic carbocycles. The molecule has 4 rings (SSSR count). The maximum Gasteiger partial charge on any atom is 0.344 e. The second-order valence-electron chi connectivity index (χ2n) is 9.01. The number of benzene rings is 1. The molecule has 2 aliphatic heterocycles. The molecular weight excluding hydrogens is 410 g/mol. The molecule has 2 saturated heterocycles. The van der Waals surface area contributed by atoms with Crippen LogP contribution in [0.3, 0.4) is 0 Å². The highest BCUT2D eigenvalue weighted by atomic mass is 16.2. The molecule has 0 bridgehead atoms. The fraction of sp³-hybridized carbons (Fsp3) is 0.565. The van der Waals surface area contributed by atoms with Gasteiger partial charge in [0.05, 0.1) is 13.0 Å². The monoisotopic (exact) mass is 441 g/mol. The summed E-state index contributed by atoms with van der Waals surface area (Å²) >= 11 is 0. The Bertz CT molecular complexity index is 903. The Morgan fingerprint density at radius 2 is 1.72 bits per heavy atom. The van der Waals surface area contributed by atoms with Crippen LogP contribution in [0.25, 0.3) is 0 Å². The van der Waals surface area contributed by atoms with Gasteiger partial charge in [-0.3, -0.25) is 24.7 Å². The van der Waals surface area contributed by atoms with Crippen molar-refractivity contribution < 1.29 is 19.2 Å². The lowest BCUT2D eigenvalue weighted by atomic mass is 9.82. The van der Waals surface area contributed by atoms with Crippen LogP contribution in [-0.2, 0) is 20.8 Å². The summed E-state index contributed by atoms with van der Waals surface area (Å²) in [5.74, 6) is -0.677. The van der Waals surface area contributed by atoms with Crippen LogP contribution in [0.2, 0.25) is 0 Å². The van der Waals surface area contributed by atoms with Gasteiger partial charge in [-0.25, -0.2) is 4.79 Å². The molecule has 2 N–H and O–H groups in total. The van der Waals surface area contributed by atoms with E-state index in [9.17, 15) is 19.2 Å². The van der Waals surface area contributed by atoms with Crippen molar-refractivity contribution in [2.24, 2.45) is 0 Å². The van der Waals surface area contributed by atoms with Crippen molar-refractivity contribution in [2.45, 2.75) is 51.0 Å². The van der Waals surface area contributed by atoms with Crippen LogP contribution in [0, 0.1) is 6.92 Å². The lowest BCUT2D eigenvalue weighted by Gasteiger charge is -2.34. The van der Waals surface area contributed by atoms with Crippen LogP contribution >= 0.6 is 0 Å². The van der Waals surface area contributed by atoms with Crippen LogP contribution in [0.15, 0.2) is 24.3 Å². The molecule has 1 saturated carbocycles. The molecular formula is C23H31N5O4. The number of imide groups is 1. The minimum absolute atomic E-state index is 0.0733. The van der Waals surface area contributed by atoms with Crippen molar-refractivity contribution in [3.63, 3.8) is 0 Å². The molecule has 9 heteroatoms. The highest BCUT2D eigenvalue weighted by molar-refractivity contribution is 6.08. The zero-order valence-electron chi connectivity index (χ0n) is 18.6. The molecule has 1 aromatic carbocycles. The van der Waals surface area contributed by atoms with E-state index in [2.05, 4.69) is 10.7 Å². The van der Waals surface area contributed by atoms with Gasteiger partial charge in [-0.1, -0.05) is 43.5 Å². The number of nitrogens with zero attached hydrogens (tertiary/aromatic N) is 3. The second kappa shape index (κ2) is 9.28. The number of hydrogen-bond donors (Lipinski definition) is 2.